The molecule has 2 N–H and O–H groups in total. The molecule has 0 radical (unpaired) electrons. The molecule has 3 aromatic carbocycles. The molecule has 0 unspecified atom stereocenters. The highest BCUT2D eigenvalue weighted by Crippen LogP contribution is 2.36. The molecular formula is C27H26F3N3O3S. The van der Waals surface area contributed by atoms with E-state index in [0.29, 0.717) is 23.8 Å². The minimum atomic E-state index is -4.50. The first-order chi connectivity index (χ1) is 17.8. The second-order valence-corrected chi connectivity index (χ2v) is 8.87. The van der Waals surface area contributed by atoms with Crippen molar-refractivity contribution in [3.8, 4) is 11.5 Å². The van der Waals surface area contributed by atoms with Crippen molar-refractivity contribution in [1.82, 2.24) is 5.32 Å². The van der Waals surface area contributed by atoms with Crippen LogP contribution >= 0.6 is 12.2 Å². The van der Waals surface area contributed by atoms with E-state index in [1.54, 1.807) is 24.3 Å². The van der Waals surface area contributed by atoms with E-state index in [4.69, 9.17) is 21.7 Å². The van der Waals surface area contributed by atoms with Crippen molar-refractivity contribution in [1.29, 1.82) is 0 Å². The lowest BCUT2D eigenvalue weighted by molar-refractivity contribution is -0.137. The molecule has 1 fully saturated rings. The maximum atomic E-state index is 13.3. The lowest BCUT2D eigenvalue weighted by atomic mass is 10.1. The van der Waals surface area contributed by atoms with E-state index in [-0.39, 0.29) is 17.4 Å². The fourth-order valence-electron chi connectivity index (χ4n) is 3.91. The summed E-state index contributed by atoms with van der Waals surface area (Å²) >= 11 is 5.20. The summed E-state index contributed by atoms with van der Waals surface area (Å²) in [5.41, 5.74) is 1.00. The molecule has 0 aliphatic carbocycles. The number of hydrogen-bond donors (Lipinski definition) is 2. The van der Waals surface area contributed by atoms with Crippen LogP contribution in [-0.4, -0.2) is 30.7 Å². The number of ether oxygens (including phenoxy) is 2. The predicted octanol–water partition coefficient (Wildman–Crippen LogP) is 5.78. The summed E-state index contributed by atoms with van der Waals surface area (Å²) in [4.78, 5) is 14.4. The van der Waals surface area contributed by atoms with Crippen molar-refractivity contribution in [2.75, 3.05) is 29.9 Å². The number of carbonyl (C=O) groups excluding carboxylic acids is 1. The van der Waals surface area contributed by atoms with E-state index in [2.05, 4.69) is 10.6 Å². The zero-order chi connectivity index (χ0) is 26.3. The molecule has 1 aliphatic rings. The summed E-state index contributed by atoms with van der Waals surface area (Å²) in [6.07, 6.45) is -2.59. The Hall–Kier alpha value is -3.79. The minimum Gasteiger partial charge on any atom is -0.489 e. The van der Waals surface area contributed by atoms with Crippen LogP contribution in [0, 0.1) is 0 Å². The van der Waals surface area contributed by atoms with Crippen molar-refractivity contribution >= 4 is 34.6 Å². The number of halogens is 3. The zero-order valence-electron chi connectivity index (χ0n) is 19.9. The molecule has 0 aromatic heterocycles. The Bertz CT molecular complexity index is 1230. The summed E-state index contributed by atoms with van der Waals surface area (Å²) in [6.45, 7) is 1.52. The van der Waals surface area contributed by atoms with Gasteiger partial charge in [-0.2, -0.15) is 13.2 Å². The Morgan fingerprint density at radius 1 is 0.919 bits per heavy atom. The Morgan fingerprint density at radius 2 is 1.62 bits per heavy atom. The first kappa shape index (κ1) is 26.3. The zero-order valence-corrected chi connectivity index (χ0v) is 20.7. The number of benzene rings is 3. The third-order valence-electron chi connectivity index (χ3n) is 5.70. The van der Waals surface area contributed by atoms with Gasteiger partial charge in [0.2, 0.25) is 0 Å². The van der Waals surface area contributed by atoms with Crippen LogP contribution in [0.15, 0.2) is 72.8 Å². The molecular weight excluding hydrogens is 503 g/mol. The fourth-order valence-corrected chi connectivity index (χ4v) is 4.13. The van der Waals surface area contributed by atoms with E-state index in [1.807, 2.05) is 35.2 Å². The van der Waals surface area contributed by atoms with Crippen molar-refractivity contribution in [2.24, 2.45) is 0 Å². The molecule has 6 nitrogen and oxygen atoms in total. The number of rotatable bonds is 8. The van der Waals surface area contributed by atoms with Gasteiger partial charge in [0.05, 0.1) is 16.9 Å². The molecule has 10 heteroatoms. The fraction of sp³-hybridized carbons (Fsp3) is 0.259. The van der Waals surface area contributed by atoms with Crippen LogP contribution in [0.3, 0.4) is 0 Å². The highest BCUT2D eigenvalue weighted by atomic mass is 32.1. The largest absolute Gasteiger partial charge is 0.489 e. The first-order valence-electron chi connectivity index (χ1n) is 11.7. The summed E-state index contributed by atoms with van der Waals surface area (Å²) in [7, 11) is 0. The number of alkyl halides is 3. The monoisotopic (exact) mass is 529 g/mol. The summed E-state index contributed by atoms with van der Waals surface area (Å²) in [5, 5.41) is 5.10. The van der Waals surface area contributed by atoms with E-state index in [0.717, 1.165) is 43.6 Å². The molecule has 1 saturated heterocycles. The van der Waals surface area contributed by atoms with Gasteiger partial charge in [0.15, 0.2) is 11.7 Å². The quantitative estimate of drug-likeness (QED) is 0.361. The van der Waals surface area contributed by atoms with Gasteiger partial charge in [-0.05, 0) is 61.0 Å². The van der Waals surface area contributed by atoms with Crippen molar-refractivity contribution < 1.29 is 27.4 Å². The van der Waals surface area contributed by atoms with Crippen LogP contribution in [0.2, 0.25) is 0 Å². The Labute approximate surface area is 218 Å². The number of thiocarbonyl (C=S) groups is 1. The smallest absolute Gasteiger partial charge is 0.416 e. The highest BCUT2D eigenvalue weighted by Gasteiger charge is 2.32. The van der Waals surface area contributed by atoms with E-state index < -0.39 is 17.6 Å². The topological polar surface area (TPSA) is 62.8 Å². The maximum Gasteiger partial charge on any atom is 0.416 e. The van der Waals surface area contributed by atoms with Crippen LogP contribution in [0.25, 0.3) is 0 Å². The second-order valence-electron chi connectivity index (χ2n) is 8.46. The van der Waals surface area contributed by atoms with Crippen LogP contribution in [0.5, 0.6) is 11.5 Å². The summed E-state index contributed by atoms with van der Waals surface area (Å²) in [5.74, 6) is 0.453. The molecule has 194 valence electrons. The Kier molecular flexibility index (Phi) is 8.50. The number of carbonyl (C=O) groups is 1. The van der Waals surface area contributed by atoms with Gasteiger partial charge in [0, 0.05) is 19.2 Å². The Morgan fingerprint density at radius 3 is 2.32 bits per heavy atom. The maximum absolute atomic E-state index is 13.3. The summed E-state index contributed by atoms with van der Waals surface area (Å²) in [6, 6.07) is 20.0. The molecule has 1 aliphatic heterocycles. The summed E-state index contributed by atoms with van der Waals surface area (Å²) < 4.78 is 51.1. The second kappa shape index (κ2) is 12.0. The Balaban J connectivity index is 1.32. The van der Waals surface area contributed by atoms with Gasteiger partial charge >= 0.3 is 6.18 Å². The number of hydrogen-bond acceptors (Lipinski definition) is 5. The molecule has 4 rings (SSSR count). The average Bonchev–Trinajstić information content (AvgIpc) is 3.41. The third-order valence-corrected chi connectivity index (χ3v) is 5.90. The van der Waals surface area contributed by atoms with Gasteiger partial charge in [-0.1, -0.05) is 36.4 Å². The molecule has 1 amide bonds. The number of nitrogens with zero attached hydrogens (tertiary/aromatic N) is 1. The van der Waals surface area contributed by atoms with Gasteiger partial charge in [-0.15, -0.1) is 0 Å². The van der Waals surface area contributed by atoms with Crippen molar-refractivity contribution in [2.45, 2.75) is 25.6 Å². The van der Waals surface area contributed by atoms with Gasteiger partial charge in [-0.3, -0.25) is 10.1 Å². The lowest BCUT2D eigenvalue weighted by Gasteiger charge is -2.23. The van der Waals surface area contributed by atoms with Crippen molar-refractivity contribution in [3.63, 3.8) is 0 Å². The van der Waals surface area contributed by atoms with E-state index >= 15 is 0 Å². The van der Waals surface area contributed by atoms with Gasteiger partial charge < -0.3 is 19.7 Å². The SMILES string of the molecule is O=C(COc1cccc(OCc2ccccc2)c1)NC(=S)Nc1cc(C(F)(F)F)ccc1N1CCCC1. The first-order valence-corrected chi connectivity index (χ1v) is 12.2. The predicted molar refractivity (Wildman–Crippen MR) is 140 cm³/mol. The highest BCUT2D eigenvalue weighted by molar-refractivity contribution is 7.80. The standard InChI is InChI=1S/C27H26F3N3O3S/c28-27(29,30)20-11-12-24(33-13-4-5-14-33)23(15-20)31-26(37)32-25(34)18-36-22-10-6-9-21(16-22)35-17-19-7-2-1-3-8-19/h1-3,6-12,15-16H,4-5,13-14,17-18H2,(H2,31,32,34,37). The van der Waals surface area contributed by atoms with Crippen LogP contribution in [0.1, 0.15) is 24.0 Å². The molecule has 0 spiro atoms. The van der Waals surface area contributed by atoms with Crippen LogP contribution in [-0.2, 0) is 17.6 Å². The molecule has 37 heavy (non-hydrogen) atoms. The third kappa shape index (κ3) is 7.60. The van der Waals surface area contributed by atoms with Gasteiger partial charge in [0.25, 0.3) is 5.91 Å². The normalized spacial score (nSPS) is 13.2. The van der Waals surface area contributed by atoms with Crippen molar-refractivity contribution in [3.05, 3.63) is 83.9 Å². The molecule has 0 bridgehead atoms. The van der Waals surface area contributed by atoms with E-state index in [1.165, 1.54) is 6.07 Å². The average molecular weight is 530 g/mol. The van der Waals surface area contributed by atoms with Crippen LogP contribution in [0.4, 0.5) is 24.5 Å². The minimum absolute atomic E-state index is 0.117. The number of anilines is 2. The van der Waals surface area contributed by atoms with E-state index in [9.17, 15) is 18.0 Å². The molecule has 0 atom stereocenters. The molecule has 0 saturated carbocycles. The number of nitrogens with one attached hydrogen (secondary N) is 2. The van der Waals surface area contributed by atoms with Crippen LogP contribution < -0.4 is 25.0 Å². The number of amides is 1. The van der Waals surface area contributed by atoms with Gasteiger partial charge in [0.1, 0.15) is 18.1 Å². The lowest BCUT2D eigenvalue weighted by Crippen LogP contribution is -2.37. The molecule has 3 aromatic rings. The molecule has 1 heterocycles. The van der Waals surface area contributed by atoms with Gasteiger partial charge in [-0.25, -0.2) is 0 Å².